The number of carbonyl (C=O) groups is 2. The molecule has 1 amide bonds. The van der Waals surface area contributed by atoms with E-state index in [1.165, 1.54) is 0 Å². The van der Waals surface area contributed by atoms with Crippen molar-refractivity contribution in [3.63, 3.8) is 0 Å². The summed E-state index contributed by atoms with van der Waals surface area (Å²) in [4.78, 5) is 30.6. The Bertz CT molecular complexity index is 1270. The highest BCUT2D eigenvalue weighted by Gasteiger charge is 2.43. The number of carboxylic acids is 1. The summed E-state index contributed by atoms with van der Waals surface area (Å²) in [5, 5.41) is 19.8. The maximum Gasteiger partial charge on any atom is 0.306 e. The van der Waals surface area contributed by atoms with E-state index in [9.17, 15) is 14.7 Å². The van der Waals surface area contributed by atoms with Crippen LogP contribution in [0.3, 0.4) is 0 Å². The number of aliphatic carboxylic acids is 1. The van der Waals surface area contributed by atoms with Crippen molar-refractivity contribution in [2.75, 3.05) is 6.54 Å². The molecule has 176 valence electrons. The molecule has 2 aliphatic rings. The molecule has 1 aliphatic carbocycles. The van der Waals surface area contributed by atoms with E-state index in [0.717, 1.165) is 47.7 Å². The second kappa shape index (κ2) is 9.02. The summed E-state index contributed by atoms with van der Waals surface area (Å²) in [6, 6.07) is 11.4. The average molecular weight is 460 g/mol. The van der Waals surface area contributed by atoms with Gasteiger partial charge >= 0.3 is 5.97 Å². The number of H-pyrrole nitrogens is 1. The Morgan fingerprint density at radius 2 is 2.09 bits per heavy atom. The Balaban J connectivity index is 1.40. The van der Waals surface area contributed by atoms with Crippen LogP contribution in [0.4, 0.5) is 0 Å². The van der Waals surface area contributed by atoms with Gasteiger partial charge in [-0.15, -0.1) is 0 Å². The van der Waals surface area contributed by atoms with E-state index in [1.807, 2.05) is 35.4 Å². The maximum atomic E-state index is 13.5. The third-order valence-electron chi connectivity index (χ3n) is 7.73. The first-order chi connectivity index (χ1) is 16.5. The van der Waals surface area contributed by atoms with Crippen molar-refractivity contribution in [2.45, 2.75) is 57.4 Å². The Morgan fingerprint density at radius 3 is 2.85 bits per heavy atom. The number of aromatic nitrogens is 1. The van der Waals surface area contributed by atoms with Crippen LogP contribution in [0.25, 0.3) is 22.2 Å². The highest BCUT2D eigenvalue weighted by Crippen LogP contribution is 2.41. The maximum absolute atomic E-state index is 13.5. The topological polar surface area (TPSA) is 110 Å². The predicted molar refractivity (Wildman–Crippen MR) is 127 cm³/mol. The van der Waals surface area contributed by atoms with Crippen LogP contribution in [0.1, 0.15) is 62.7 Å². The first-order valence-electron chi connectivity index (χ1n) is 12.1. The Hall–Kier alpha value is -3.53. The summed E-state index contributed by atoms with van der Waals surface area (Å²) in [7, 11) is 0. The number of fused-ring (bicyclic) bond motifs is 2. The number of nitriles is 1. The zero-order chi connectivity index (χ0) is 23.8. The van der Waals surface area contributed by atoms with Crippen molar-refractivity contribution in [2.24, 2.45) is 11.8 Å². The Kier molecular flexibility index (Phi) is 5.91. The Labute approximate surface area is 198 Å². The number of carbonyl (C=O) groups excluding carboxylic acids is 1. The van der Waals surface area contributed by atoms with Crippen molar-refractivity contribution in [1.29, 1.82) is 5.26 Å². The number of benzene rings is 1. The first-order valence-corrected chi connectivity index (χ1v) is 12.1. The van der Waals surface area contributed by atoms with E-state index in [0.29, 0.717) is 25.1 Å². The molecule has 0 spiro atoms. The summed E-state index contributed by atoms with van der Waals surface area (Å²) in [5.74, 6) is -0.0405. The Morgan fingerprint density at radius 1 is 1.24 bits per heavy atom. The molecule has 7 heteroatoms. The van der Waals surface area contributed by atoms with Crippen LogP contribution in [-0.2, 0) is 9.59 Å². The van der Waals surface area contributed by atoms with Gasteiger partial charge < -0.3 is 19.4 Å². The lowest BCUT2D eigenvalue weighted by atomic mass is 9.71. The normalized spacial score (nSPS) is 23.3. The fraction of sp³-hybridized carbons (Fsp3) is 0.444. The van der Waals surface area contributed by atoms with E-state index >= 15 is 0 Å². The molecule has 1 aromatic carbocycles. The predicted octanol–water partition coefficient (Wildman–Crippen LogP) is 5.29. The van der Waals surface area contributed by atoms with E-state index in [-0.39, 0.29) is 35.5 Å². The van der Waals surface area contributed by atoms with Gasteiger partial charge in [0.15, 0.2) is 0 Å². The zero-order valence-electron chi connectivity index (χ0n) is 19.3. The molecular weight excluding hydrogens is 430 g/mol. The van der Waals surface area contributed by atoms with Gasteiger partial charge in [-0.05, 0) is 61.3 Å². The molecule has 3 aromatic rings. The van der Waals surface area contributed by atoms with Crippen LogP contribution in [0, 0.1) is 23.2 Å². The van der Waals surface area contributed by atoms with E-state index in [4.69, 9.17) is 9.68 Å². The van der Waals surface area contributed by atoms with E-state index in [2.05, 4.69) is 11.9 Å². The number of amides is 1. The third kappa shape index (κ3) is 3.87. The van der Waals surface area contributed by atoms with Gasteiger partial charge in [-0.1, -0.05) is 25.5 Å². The SMILES string of the molecule is CC(CC(=O)N1CCCC2C(C(=O)O)CCCC21)c1c[nH]c2cccc(-c3ccc(C#N)o3)c12. The second-order valence-corrected chi connectivity index (χ2v) is 9.69. The number of piperidine rings is 1. The highest BCUT2D eigenvalue weighted by atomic mass is 16.4. The van der Waals surface area contributed by atoms with Crippen LogP contribution in [0.2, 0.25) is 0 Å². The monoisotopic (exact) mass is 459 g/mol. The minimum absolute atomic E-state index is 0.0352. The number of likely N-dealkylation sites (tertiary alicyclic amines) is 1. The van der Waals surface area contributed by atoms with Gasteiger partial charge in [-0.2, -0.15) is 5.26 Å². The van der Waals surface area contributed by atoms with Gasteiger partial charge in [0.2, 0.25) is 11.7 Å². The molecule has 4 atom stereocenters. The number of nitrogens with zero attached hydrogens (tertiary/aromatic N) is 2. The molecule has 7 nitrogen and oxygen atoms in total. The lowest BCUT2D eigenvalue weighted by Crippen LogP contribution is -2.53. The molecule has 5 rings (SSSR count). The molecule has 1 saturated carbocycles. The van der Waals surface area contributed by atoms with Gasteiger partial charge in [-0.3, -0.25) is 9.59 Å². The van der Waals surface area contributed by atoms with Crippen LogP contribution in [0.5, 0.6) is 0 Å². The van der Waals surface area contributed by atoms with Crippen molar-refractivity contribution >= 4 is 22.8 Å². The molecule has 0 radical (unpaired) electrons. The lowest BCUT2D eigenvalue weighted by Gasteiger charge is -2.46. The van der Waals surface area contributed by atoms with Crippen molar-refractivity contribution < 1.29 is 19.1 Å². The van der Waals surface area contributed by atoms with Gasteiger partial charge in [0, 0.05) is 41.7 Å². The van der Waals surface area contributed by atoms with Crippen LogP contribution < -0.4 is 0 Å². The average Bonchev–Trinajstić information content (AvgIpc) is 3.50. The fourth-order valence-corrected chi connectivity index (χ4v) is 6.14. The summed E-state index contributed by atoms with van der Waals surface area (Å²) in [5.41, 5.74) is 2.88. The van der Waals surface area contributed by atoms with Crippen LogP contribution in [0.15, 0.2) is 40.9 Å². The molecule has 2 fully saturated rings. The van der Waals surface area contributed by atoms with Crippen molar-refractivity contribution in [1.82, 2.24) is 9.88 Å². The third-order valence-corrected chi connectivity index (χ3v) is 7.73. The minimum Gasteiger partial charge on any atom is -0.481 e. The van der Waals surface area contributed by atoms with E-state index < -0.39 is 5.97 Å². The number of hydrogen-bond donors (Lipinski definition) is 2. The largest absolute Gasteiger partial charge is 0.481 e. The summed E-state index contributed by atoms with van der Waals surface area (Å²) in [6.07, 6.45) is 6.54. The summed E-state index contributed by atoms with van der Waals surface area (Å²) in [6.45, 7) is 2.77. The number of furan rings is 1. The van der Waals surface area contributed by atoms with Gasteiger partial charge in [-0.25, -0.2) is 0 Å². The van der Waals surface area contributed by atoms with E-state index in [1.54, 1.807) is 12.1 Å². The number of rotatable bonds is 5. The molecule has 0 bridgehead atoms. The van der Waals surface area contributed by atoms with Gasteiger partial charge in [0.05, 0.1) is 5.92 Å². The standard InChI is InChI=1S/C27H29N3O4/c1-16(13-25(31)30-12-4-7-18-19(27(32)33)5-3-9-23(18)30)21-15-29-22-8-2-6-20(26(21)22)24-11-10-17(14-28)34-24/h2,6,8,10-11,15-16,18-19,23,29H,3-5,7,9,12-13H2,1H3,(H,32,33). The number of carboxylic acid groups (broad SMARTS) is 1. The molecule has 1 saturated heterocycles. The molecule has 1 aliphatic heterocycles. The molecule has 3 heterocycles. The van der Waals surface area contributed by atoms with Gasteiger partial charge in [0.1, 0.15) is 11.8 Å². The number of hydrogen-bond acceptors (Lipinski definition) is 4. The molecule has 4 unspecified atom stereocenters. The molecular formula is C27H29N3O4. The van der Waals surface area contributed by atoms with Crippen LogP contribution in [-0.4, -0.2) is 39.5 Å². The first kappa shape index (κ1) is 22.3. The fourth-order valence-electron chi connectivity index (χ4n) is 6.14. The van der Waals surface area contributed by atoms with Crippen LogP contribution >= 0.6 is 0 Å². The zero-order valence-corrected chi connectivity index (χ0v) is 19.3. The summed E-state index contributed by atoms with van der Waals surface area (Å²) >= 11 is 0. The minimum atomic E-state index is -0.721. The molecule has 2 aromatic heterocycles. The highest BCUT2D eigenvalue weighted by molar-refractivity contribution is 5.97. The number of nitrogens with one attached hydrogen (secondary N) is 1. The summed E-state index contributed by atoms with van der Waals surface area (Å²) < 4.78 is 5.70. The van der Waals surface area contributed by atoms with Crippen molar-refractivity contribution in [3.8, 4) is 17.4 Å². The number of aromatic amines is 1. The smallest absolute Gasteiger partial charge is 0.306 e. The lowest BCUT2D eigenvalue weighted by molar-refractivity contribution is -0.152. The second-order valence-electron chi connectivity index (χ2n) is 9.69. The molecule has 2 N–H and O–H groups in total. The quantitative estimate of drug-likeness (QED) is 0.539. The van der Waals surface area contributed by atoms with Gasteiger partial charge in [0.25, 0.3) is 0 Å². The molecule has 34 heavy (non-hydrogen) atoms. The van der Waals surface area contributed by atoms with Crippen molar-refractivity contribution in [3.05, 3.63) is 47.9 Å².